The summed E-state index contributed by atoms with van der Waals surface area (Å²) in [7, 11) is 1.50. The Morgan fingerprint density at radius 1 is 1.09 bits per heavy atom. The van der Waals surface area contributed by atoms with E-state index in [-0.39, 0.29) is 30.2 Å². The summed E-state index contributed by atoms with van der Waals surface area (Å²) in [5, 5.41) is 0.537. The second-order valence-corrected chi connectivity index (χ2v) is 5.06. The summed E-state index contributed by atoms with van der Waals surface area (Å²) in [6.07, 6.45) is 0. The summed E-state index contributed by atoms with van der Waals surface area (Å²) in [5.74, 6) is 6.13. The molecule has 0 unspecified atom stereocenters. The van der Waals surface area contributed by atoms with Crippen LogP contribution in [-0.2, 0) is 13.6 Å². The highest BCUT2D eigenvalue weighted by Crippen LogP contribution is 2.06. The van der Waals surface area contributed by atoms with Crippen LogP contribution >= 0.6 is 12.4 Å². The summed E-state index contributed by atoms with van der Waals surface area (Å²) in [6.45, 7) is 7.06. The molecule has 0 aliphatic rings. The fraction of sp³-hybridized carbons (Fsp3) is 0.412. The Kier molecular flexibility index (Phi) is 7.08. The third-order valence-electron chi connectivity index (χ3n) is 3.81. The van der Waals surface area contributed by atoms with Gasteiger partial charge in [0.2, 0.25) is 0 Å². The summed E-state index contributed by atoms with van der Waals surface area (Å²) in [6, 6.07) is 7.13. The van der Waals surface area contributed by atoms with Crippen molar-refractivity contribution in [2.75, 3.05) is 19.6 Å². The number of fused-ring (bicyclic) bond motifs is 1. The van der Waals surface area contributed by atoms with Gasteiger partial charge >= 0.3 is 5.69 Å². The van der Waals surface area contributed by atoms with Crippen LogP contribution in [0.25, 0.3) is 10.9 Å². The van der Waals surface area contributed by atoms with E-state index in [1.165, 1.54) is 7.05 Å². The molecule has 0 N–H and O–H groups in total. The van der Waals surface area contributed by atoms with Gasteiger partial charge in [-0.2, -0.15) is 0 Å². The lowest BCUT2D eigenvalue weighted by Gasteiger charge is -2.13. The predicted molar refractivity (Wildman–Crippen MR) is 96.3 cm³/mol. The Balaban J connectivity index is 0.00000264. The molecule has 5 nitrogen and oxygen atoms in total. The molecule has 0 aliphatic carbocycles. The van der Waals surface area contributed by atoms with Crippen LogP contribution in [0.5, 0.6) is 0 Å². The summed E-state index contributed by atoms with van der Waals surface area (Å²) >= 11 is 0. The van der Waals surface area contributed by atoms with E-state index in [4.69, 9.17) is 0 Å². The highest BCUT2D eigenvalue weighted by atomic mass is 35.5. The first-order valence-electron chi connectivity index (χ1n) is 7.46. The lowest BCUT2D eigenvalue weighted by atomic mass is 10.2. The number of rotatable bonds is 4. The van der Waals surface area contributed by atoms with Gasteiger partial charge in [0, 0.05) is 7.05 Å². The van der Waals surface area contributed by atoms with E-state index in [1.807, 2.05) is 6.07 Å². The molecular weight excluding hydrogens is 314 g/mol. The number of para-hydroxylation sites is 1. The Labute approximate surface area is 141 Å². The van der Waals surface area contributed by atoms with Crippen LogP contribution in [0.1, 0.15) is 13.8 Å². The average Bonchev–Trinajstić information content (AvgIpc) is 2.55. The second-order valence-electron chi connectivity index (χ2n) is 5.06. The average molecular weight is 336 g/mol. The number of benzene rings is 1. The number of aromatic nitrogens is 2. The molecule has 1 aromatic heterocycles. The van der Waals surface area contributed by atoms with Crippen LogP contribution in [0.4, 0.5) is 0 Å². The van der Waals surface area contributed by atoms with Gasteiger partial charge in [0.15, 0.2) is 0 Å². The van der Waals surface area contributed by atoms with Gasteiger partial charge in [0.1, 0.15) is 0 Å². The maximum atomic E-state index is 12.3. The Hall–Kier alpha value is -2.03. The van der Waals surface area contributed by atoms with Gasteiger partial charge in [-0.15, -0.1) is 12.4 Å². The van der Waals surface area contributed by atoms with Crippen molar-refractivity contribution in [3.05, 3.63) is 45.1 Å². The number of hydrogen-bond acceptors (Lipinski definition) is 3. The van der Waals surface area contributed by atoms with Crippen LogP contribution in [0, 0.1) is 11.8 Å². The quantitative estimate of drug-likeness (QED) is 0.795. The first-order valence-corrected chi connectivity index (χ1v) is 7.46. The maximum absolute atomic E-state index is 12.3. The van der Waals surface area contributed by atoms with E-state index < -0.39 is 0 Å². The first-order chi connectivity index (χ1) is 10.6. The SMILES string of the molecule is CCN(CC)CC#CCn1c(=O)n(C)c(=O)c2ccccc21.Cl. The van der Waals surface area contributed by atoms with Gasteiger partial charge in [-0.3, -0.25) is 18.8 Å². The molecule has 0 fully saturated rings. The van der Waals surface area contributed by atoms with E-state index in [2.05, 4.69) is 30.6 Å². The van der Waals surface area contributed by atoms with Crippen molar-refractivity contribution < 1.29 is 0 Å². The van der Waals surface area contributed by atoms with E-state index >= 15 is 0 Å². The van der Waals surface area contributed by atoms with Gasteiger partial charge in [-0.25, -0.2) is 4.79 Å². The minimum atomic E-state index is -0.333. The standard InChI is InChI=1S/C17H21N3O2.ClH/c1-4-19(5-2)12-8-9-13-20-15-11-7-6-10-14(15)16(21)18(3)17(20)22;/h6-7,10-11H,4-5,12-13H2,1-3H3;1H. The van der Waals surface area contributed by atoms with Crippen molar-refractivity contribution in [2.24, 2.45) is 7.05 Å². The molecule has 2 rings (SSSR count). The van der Waals surface area contributed by atoms with Crippen LogP contribution in [0.2, 0.25) is 0 Å². The normalized spacial score (nSPS) is 10.3. The number of nitrogens with zero attached hydrogens (tertiary/aromatic N) is 3. The Morgan fingerprint density at radius 3 is 2.39 bits per heavy atom. The highest BCUT2D eigenvalue weighted by molar-refractivity contribution is 5.85. The number of hydrogen-bond donors (Lipinski definition) is 0. The molecule has 0 saturated carbocycles. The van der Waals surface area contributed by atoms with E-state index in [0.29, 0.717) is 17.4 Å². The Morgan fingerprint density at radius 2 is 1.74 bits per heavy atom. The van der Waals surface area contributed by atoms with E-state index in [1.54, 1.807) is 22.8 Å². The molecule has 0 atom stereocenters. The van der Waals surface area contributed by atoms with E-state index in [9.17, 15) is 9.59 Å². The third kappa shape index (κ3) is 4.04. The fourth-order valence-corrected chi connectivity index (χ4v) is 2.34. The summed E-state index contributed by atoms with van der Waals surface area (Å²) in [4.78, 5) is 26.6. The van der Waals surface area contributed by atoms with Gasteiger partial charge < -0.3 is 0 Å². The lowest BCUT2D eigenvalue weighted by molar-refractivity contribution is 0.342. The molecule has 2 aromatic rings. The van der Waals surface area contributed by atoms with Gasteiger partial charge in [0.25, 0.3) is 5.56 Å². The topological polar surface area (TPSA) is 47.2 Å². The largest absolute Gasteiger partial charge is 0.332 e. The fourth-order valence-electron chi connectivity index (χ4n) is 2.34. The zero-order valence-electron chi connectivity index (χ0n) is 13.7. The second kappa shape index (κ2) is 8.56. The van der Waals surface area contributed by atoms with Crippen LogP contribution in [0.3, 0.4) is 0 Å². The summed E-state index contributed by atoms with van der Waals surface area (Å²) in [5.41, 5.74) is 0.0292. The third-order valence-corrected chi connectivity index (χ3v) is 3.81. The molecule has 0 amide bonds. The maximum Gasteiger partial charge on any atom is 0.332 e. The van der Waals surface area contributed by atoms with Gasteiger partial charge in [0.05, 0.1) is 24.0 Å². The molecule has 6 heteroatoms. The molecular formula is C17H22ClN3O2. The minimum absolute atomic E-state index is 0. The van der Waals surface area contributed by atoms with Crippen molar-refractivity contribution >= 4 is 23.3 Å². The lowest BCUT2D eigenvalue weighted by Crippen LogP contribution is -2.38. The van der Waals surface area contributed by atoms with Crippen LogP contribution < -0.4 is 11.2 Å². The van der Waals surface area contributed by atoms with Crippen LogP contribution in [-0.4, -0.2) is 33.7 Å². The van der Waals surface area contributed by atoms with Gasteiger partial charge in [-0.1, -0.05) is 37.8 Å². The van der Waals surface area contributed by atoms with Gasteiger partial charge in [-0.05, 0) is 25.2 Å². The highest BCUT2D eigenvalue weighted by Gasteiger charge is 2.08. The summed E-state index contributed by atoms with van der Waals surface area (Å²) < 4.78 is 2.68. The predicted octanol–water partition coefficient (Wildman–Crippen LogP) is 1.47. The van der Waals surface area contributed by atoms with Crippen molar-refractivity contribution in [1.82, 2.24) is 14.0 Å². The van der Waals surface area contributed by atoms with Crippen molar-refractivity contribution in [3.8, 4) is 11.8 Å². The van der Waals surface area contributed by atoms with Crippen molar-refractivity contribution in [3.63, 3.8) is 0 Å². The monoisotopic (exact) mass is 335 g/mol. The first kappa shape index (κ1) is 19.0. The Bertz CT molecular complexity index is 839. The van der Waals surface area contributed by atoms with Crippen molar-refractivity contribution in [1.29, 1.82) is 0 Å². The molecule has 0 radical (unpaired) electrons. The zero-order chi connectivity index (χ0) is 16.1. The molecule has 1 heterocycles. The smallest absolute Gasteiger partial charge is 0.293 e. The zero-order valence-corrected chi connectivity index (χ0v) is 14.5. The van der Waals surface area contributed by atoms with Crippen molar-refractivity contribution in [2.45, 2.75) is 20.4 Å². The molecule has 0 saturated heterocycles. The number of halogens is 1. The van der Waals surface area contributed by atoms with E-state index in [0.717, 1.165) is 17.7 Å². The molecule has 0 bridgehead atoms. The molecule has 1 aromatic carbocycles. The van der Waals surface area contributed by atoms with Crippen LogP contribution in [0.15, 0.2) is 33.9 Å². The molecule has 0 spiro atoms. The molecule has 23 heavy (non-hydrogen) atoms. The minimum Gasteiger partial charge on any atom is -0.293 e. The molecule has 124 valence electrons. The molecule has 0 aliphatic heterocycles.